The first-order chi connectivity index (χ1) is 11.2. The maximum absolute atomic E-state index is 11.9. The second-order valence-corrected chi connectivity index (χ2v) is 6.64. The first kappa shape index (κ1) is 14.2. The van der Waals surface area contributed by atoms with Crippen LogP contribution < -0.4 is 15.8 Å². The minimum Gasteiger partial charge on any atom is -0.356 e. The van der Waals surface area contributed by atoms with E-state index in [2.05, 4.69) is 25.4 Å². The predicted octanol–water partition coefficient (Wildman–Crippen LogP) is 1.26. The van der Waals surface area contributed by atoms with Crippen molar-refractivity contribution >= 4 is 27.2 Å². The Morgan fingerprint density at radius 2 is 2.39 bits per heavy atom. The smallest absolute Gasteiger partial charge is 0.290 e. The number of imidazole rings is 1. The van der Waals surface area contributed by atoms with Crippen molar-refractivity contribution in [3.05, 3.63) is 34.6 Å². The number of nitrogens with one attached hydrogen (secondary N) is 2. The van der Waals surface area contributed by atoms with Crippen LogP contribution in [-0.2, 0) is 0 Å². The van der Waals surface area contributed by atoms with Crippen LogP contribution in [0, 0.1) is 6.92 Å². The van der Waals surface area contributed by atoms with Crippen molar-refractivity contribution in [1.82, 2.24) is 24.6 Å². The number of aromatic nitrogens is 5. The van der Waals surface area contributed by atoms with Crippen LogP contribution in [0.15, 0.2) is 23.4 Å². The average molecular weight is 331 g/mol. The zero-order valence-corrected chi connectivity index (χ0v) is 13.5. The molecule has 0 spiro atoms. The third-order valence-electron chi connectivity index (χ3n) is 3.90. The molecule has 2 N–H and O–H groups in total. The summed E-state index contributed by atoms with van der Waals surface area (Å²) in [4.78, 5) is 26.1. The van der Waals surface area contributed by atoms with E-state index in [0.717, 1.165) is 41.7 Å². The van der Waals surface area contributed by atoms with Crippen LogP contribution in [0.2, 0.25) is 0 Å². The lowest BCUT2D eigenvalue weighted by Gasteiger charge is -2.33. The summed E-state index contributed by atoms with van der Waals surface area (Å²) in [6, 6.07) is 0.238. The van der Waals surface area contributed by atoms with E-state index in [0.29, 0.717) is 5.82 Å². The Labute approximate surface area is 136 Å². The number of aryl methyl sites for hydroxylation is 1. The molecule has 1 fully saturated rings. The van der Waals surface area contributed by atoms with E-state index in [-0.39, 0.29) is 11.6 Å². The van der Waals surface area contributed by atoms with Gasteiger partial charge in [-0.2, -0.15) is 0 Å². The van der Waals surface area contributed by atoms with Gasteiger partial charge in [-0.05, 0) is 19.8 Å². The molecule has 1 atom stereocenters. The monoisotopic (exact) mass is 331 g/mol. The van der Waals surface area contributed by atoms with E-state index >= 15 is 0 Å². The third kappa shape index (κ3) is 2.79. The van der Waals surface area contributed by atoms with E-state index < -0.39 is 0 Å². The molecule has 4 heterocycles. The highest BCUT2D eigenvalue weighted by Gasteiger charge is 2.23. The van der Waals surface area contributed by atoms with Gasteiger partial charge in [0, 0.05) is 31.5 Å². The van der Waals surface area contributed by atoms with Crippen molar-refractivity contribution < 1.29 is 0 Å². The Hall–Kier alpha value is -2.42. The molecule has 0 unspecified atom stereocenters. The standard InChI is InChI=1S/C14H17N7OS/c1-9-7-21-14(17-9)23-13(19-21)18-10-3-2-6-20(8-10)11-12(22)16-5-4-15-11/h4-5,7,10H,2-3,6,8H2,1H3,(H,16,22)(H,18,19)/t10-/m1/s1. The molecule has 4 rings (SSSR count). The van der Waals surface area contributed by atoms with Gasteiger partial charge < -0.3 is 15.2 Å². The number of nitrogens with zero attached hydrogens (tertiary/aromatic N) is 5. The summed E-state index contributed by atoms with van der Waals surface area (Å²) in [5.41, 5.74) is 0.824. The van der Waals surface area contributed by atoms with Crippen LogP contribution >= 0.6 is 11.3 Å². The Bertz CT molecular complexity index is 851. The third-order valence-corrected chi connectivity index (χ3v) is 4.75. The van der Waals surface area contributed by atoms with Crippen LogP contribution in [0.3, 0.4) is 0 Å². The topological polar surface area (TPSA) is 91.2 Å². The lowest BCUT2D eigenvalue weighted by molar-refractivity contribution is 0.524. The second kappa shape index (κ2) is 5.65. The summed E-state index contributed by atoms with van der Waals surface area (Å²) in [5, 5.41) is 8.82. The highest BCUT2D eigenvalue weighted by atomic mass is 32.1. The summed E-state index contributed by atoms with van der Waals surface area (Å²) in [6.45, 7) is 3.54. The maximum Gasteiger partial charge on any atom is 0.290 e. The molecule has 3 aromatic rings. The fourth-order valence-electron chi connectivity index (χ4n) is 2.90. The van der Waals surface area contributed by atoms with Gasteiger partial charge in [0.2, 0.25) is 10.1 Å². The molecule has 0 bridgehead atoms. The molecule has 23 heavy (non-hydrogen) atoms. The molecular weight excluding hydrogens is 314 g/mol. The molecule has 0 radical (unpaired) electrons. The Morgan fingerprint density at radius 3 is 3.22 bits per heavy atom. The predicted molar refractivity (Wildman–Crippen MR) is 89.3 cm³/mol. The molecule has 120 valence electrons. The van der Waals surface area contributed by atoms with Crippen molar-refractivity contribution in [2.75, 3.05) is 23.3 Å². The van der Waals surface area contributed by atoms with Gasteiger partial charge in [0.15, 0.2) is 5.82 Å². The zero-order valence-electron chi connectivity index (χ0n) is 12.7. The van der Waals surface area contributed by atoms with Crippen LogP contribution in [0.5, 0.6) is 0 Å². The normalized spacial score (nSPS) is 18.5. The van der Waals surface area contributed by atoms with E-state index in [9.17, 15) is 4.79 Å². The number of hydrogen-bond acceptors (Lipinski definition) is 7. The van der Waals surface area contributed by atoms with E-state index in [1.165, 1.54) is 11.3 Å². The molecule has 0 aromatic carbocycles. The number of fused-ring (bicyclic) bond motifs is 1. The number of rotatable bonds is 3. The molecule has 0 aliphatic carbocycles. The zero-order chi connectivity index (χ0) is 15.8. The van der Waals surface area contributed by atoms with Gasteiger partial charge in [0.25, 0.3) is 5.56 Å². The minimum atomic E-state index is -0.142. The summed E-state index contributed by atoms with van der Waals surface area (Å²) < 4.78 is 1.80. The summed E-state index contributed by atoms with van der Waals surface area (Å²) >= 11 is 1.54. The number of aromatic amines is 1. The maximum atomic E-state index is 11.9. The summed E-state index contributed by atoms with van der Waals surface area (Å²) in [7, 11) is 0. The lowest BCUT2D eigenvalue weighted by atomic mass is 10.1. The number of hydrogen-bond donors (Lipinski definition) is 2. The van der Waals surface area contributed by atoms with Gasteiger partial charge in [-0.15, -0.1) is 5.10 Å². The molecule has 1 aliphatic heterocycles. The van der Waals surface area contributed by atoms with Crippen molar-refractivity contribution in [2.45, 2.75) is 25.8 Å². The van der Waals surface area contributed by atoms with Crippen LogP contribution in [0.1, 0.15) is 18.5 Å². The van der Waals surface area contributed by atoms with Crippen LogP contribution in [-0.4, -0.2) is 43.7 Å². The lowest BCUT2D eigenvalue weighted by Crippen LogP contribution is -2.44. The molecule has 8 nitrogen and oxygen atoms in total. The largest absolute Gasteiger partial charge is 0.356 e. The second-order valence-electron chi connectivity index (χ2n) is 5.69. The van der Waals surface area contributed by atoms with Crippen LogP contribution in [0.4, 0.5) is 10.9 Å². The number of H-pyrrole nitrogens is 1. The molecule has 0 amide bonds. The average Bonchev–Trinajstić information content (AvgIpc) is 3.04. The van der Waals surface area contributed by atoms with E-state index in [1.54, 1.807) is 16.9 Å². The number of anilines is 2. The molecule has 0 saturated carbocycles. The Balaban J connectivity index is 1.49. The molecule has 9 heteroatoms. The molecule has 1 aliphatic rings. The number of piperidine rings is 1. The van der Waals surface area contributed by atoms with Gasteiger partial charge in [0.05, 0.1) is 11.9 Å². The highest BCUT2D eigenvalue weighted by molar-refractivity contribution is 7.20. The van der Waals surface area contributed by atoms with Gasteiger partial charge in [0.1, 0.15) is 0 Å². The van der Waals surface area contributed by atoms with Crippen molar-refractivity contribution in [2.24, 2.45) is 0 Å². The van der Waals surface area contributed by atoms with Crippen molar-refractivity contribution in [3.8, 4) is 0 Å². The van der Waals surface area contributed by atoms with E-state index in [1.807, 2.05) is 18.0 Å². The SMILES string of the molecule is Cc1cn2nc(N[C@@H]3CCCN(c4ncc[nH]c4=O)C3)sc2n1. The Kier molecular flexibility index (Phi) is 3.49. The van der Waals surface area contributed by atoms with Gasteiger partial charge in [-0.3, -0.25) is 4.79 Å². The van der Waals surface area contributed by atoms with Crippen molar-refractivity contribution in [1.29, 1.82) is 0 Å². The fraction of sp³-hybridized carbons (Fsp3) is 0.429. The van der Waals surface area contributed by atoms with Crippen LogP contribution in [0.25, 0.3) is 4.96 Å². The van der Waals surface area contributed by atoms with Crippen molar-refractivity contribution in [3.63, 3.8) is 0 Å². The van der Waals surface area contributed by atoms with Gasteiger partial charge in [-0.1, -0.05) is 11.3 Å². The molecule has 3 aromatic heterocycles. The summed E-state index contributed by atoms with van der Waals surface area (Å²) in [5.74, 6) is 0.489. The molecular formula is C14H17N7OS. The van der Waals surface area contributed by atoms with Gasteiger partial charge in [-0.25, -0.2) is 14.5 Å². The van der Waals surface area contributed by atoms with E-state index in [4.69, 9.17) is 0 Å². The first-order valence-corrected chi connectivity index (χ1v) is 8.39. The Morgan fingerprint density at radius 1 is 1.48 bits per heavy atom. The molecule has 1 saturated heterocycles. The minimum absolute atomic E-state index is 0.142. The fourth-order valence-corrected chi connectivity index (χ4v) is 3.80. The quantitative estimate of drug-likeness (QED) is 0.751. The highest BCUT2D eigenvalue weighted by Crippen LogP contribution is 2.23. The summed E-state index contributed by atoms with van der Waals surface area (Å²) in [6.07, 6.45) is 7.14. The first-order valence-electron chi connectivity index (χ1n) is 7.57. The van der Waals surface area contributed by atoms with Gasteiger partial charge >= 0.3 is 0 Å².